The van der Waals surface area contributed by atoms with Crippen LogP contribution in [0, 0.1) is 5.82 Å². The number of halogens is 1. The first-order valence-corrected chi connectivity index (χ1v) is 7.07. The van der Waals surface area contributed by atoms with Gasteiger partial charge >= 0.3 is 0 Å². The first-order valence-electron chi connectivity index (χ1n) is 6.55. The van der Waals surface area contributed by atoms with Crippen LogP contribution in [0.5, 0.6) is 0 Å². The van der Waals surface area contributed by atoms with Crippen molar-refractivity contribution >= 4 is 24.0 Å². The summed E-state index contributed by atoms with van der Waals surface area (Å²) in [6.45, 7) is 3.50. The maximum atomic E-state index is 14.3. The minimum absolute atomic E-state index is 0.0298. The molecule has 1 N–H and O–H groups in total. The second kappa shape index (κ2) is 5.06. The van der Waals surface area contributed by atoms with Gasteiger partial charge in [-0.25, -0.2) is 4.39 Å². The third kappa shape index (κ3) is 2.32. The minimum atomic E-state index is -0.150. The molecule has 1 aromatic rings. The number of thiol groups is 1. The van der Waals surface area contributed by atoms with Crippen molar-refractivity contribution in [2.24, 2.45) is 0 Å². The van der Waals surface area contributed by atoms with Crippen LogP contribution in [0.1, 0.15) is 10.8 Å². The normalized spacial score (nSPS) is 22.6. The summed E-state index contributed by atoms with van der Waals surface area (Å²) >= 11 is 4.49. The number of rotatable bonds is 1. The Hall–Kier alpha value is -1.20. The van der Waals surface area contributed by atoms with E-state index in [4.69, 9.17) is 0 Å². The highest BCUT2D eigenvalue weighted by atomic mass is 32.1. The zero-order valence-electron chi connectivity index (χ0n) is 10.9. The molecule has 0 amide bonds. The van der Waals surface area contributed by atoms with Crippen LogP contribution in [-0.4, -0.2) is 33.2 Å². The van der Waals surface area contributed by atoms with Crippen LogP contribution >= 0.6 is 12.6 Å². The van der Waals surface area contributed by atoms with Crippen LogP contribution in [0.4, 0.5) is 15.8 Å². The molecule has 1 aromatic carbocycles. The van der Waals surface area contributed by atoms with Gasteiger partial charge in [-0.1, -0.05) is 6.08 Å². The van der Waals surface area contributed by atoms with E-state index in [0.29, 0.717) is 5.69 Å². The Morgan fingerprint density at radius 2 is 2.00 bits per heavy atom. The van der Waals surface area contributed by atoms with Crippen LogP contribution in [0.2, 0.25) is 0 Å². The van der Waals surface area contributed by atoms with E-state index in [1.165, 1.54) is 0 Å². The van der Waals surface area contributed by atoms with Gasteiger partial charge in [-0.15, -0.1) is 0 Å². The zero-order valence-corrected chi connectivity index (χ0v) is 11.8. The maximum absolute atomic E-state index is 14.3. The van der Waals surface area contributed by atoms with E-state index in [1.54, 1.807) is 6.07 Å². The lowest BCUT2D eigenvalue weighted by Gasteiger charge is -2.32. The molecule has 1 unspecified atom stereocenters. The number of benzene rings is 1. The van der Waals surface area contributed by atoms with Gasteiger partial charge in [-0.3, -0.25) is 0 Å². The lowest BCUT2D eigenvalue weighted by molar-refractivity contribution is 0.565. The minimum Gasteiger partial charge on any atom is -0.367 e. The van der Waals surface area contributed by atoms with Gasteiger partial charge in [0.15, 0.2) is 0 Å². The van der Waals surface area contributed by atoms with Crippen molar-refractivity contribution in [2.75, 3.05) is 43.0 Å². The first-order chi connectivity index (χ1) is 9.16. The lowest BCUT2D eigenvalue weighted by atomic mass is 10.0. The molecule has 19 heavy (non-hydrogen) atoms. The molecule has 2 aliphatic heterocycles. The molecule has 2 heterocycles. The second-order valence-corrected chi connectivity index (χ2v) is 5.55. The fourth-order valence-corrected chi connectivity index (χ4v) is 2.93. The fourth-order valence-electron chi connectivity index (χ4n) is 2.65. The average molecular weight is 279 g/mol. The molecule has 5 heteroatoms. The van der Waals surface area contributed by atoms with Crippen molar-refractivity contribution in [3.05, 3.63) is 35.8 Å². The van der Waals surface area contributed by atoms with E-state index in [9.17, 15) is 4.39 Å². The molecule has 0 aromatic heterocycles. The van der Waals surface area contributed by atoms with Gasteiger partial charge in [0, 0.05) is 50.4 Å². The van der Waals surface area contributed by atoms with Gasteiger partial charge in [0.25, 0.3) is 0 Å². The highest BCUT2D eigenvalue weighted by molar-refractivity contribution is 7.80. The standard InChI is InChI=1S/C14H18FN3S/c1-17-5-2-14(19)10-8-11(15)13(9-12(10)17)18-6-3-16-4-7-18/h2,5,8-9,14,16,19H,3-4,6-7H2,1H3. The number of nitrogens with zero attached hydrogens (tertiary/aromatic N) is 2. The number of hydrogen-bond donors (Lipinski definition) is 2. The van der Waals surface area contributed by atoms with Gasteiger partial charge in [-0.2, -0.15) is 12.6 Å². The average Bonchev–Trinajstić information content (AvgIpc) is 2.44. The highest BCUT2D eigenvalue weighted by Gasteiger charge is 2.22. The SMILES string of the molecule is CN1C=CC(S)c2cc(F)c(N3CCNCC3)cc21. The molecule has 1 atom stereocenters. The maximum Gasteiger partial charge on any atom is 0.146 e. The van der Waals surface area contributed by atoms with E-state index >= 15 is 0 Å². The molecular formula is C14H18FN3S. The van der Waals surface area contributed by atoms with Gasteiger partial charge in [0.05, 0.1) is 5.69 Å². The molecule has 2 aliphatic rings. The molecule has 0 aliphatic carbocycles. The summed E-state index contributed by atoms with van der Waals surface area (Å²) in [5, 5.41) is 3.25. The van der Waals surface area contributed by atoms with E-state index < -0.39 is 0 Å². The quantitative estimate of drug-likeness (QED) is 0.768. The number of fused-ring (bicyclic) bond motifs is 1. The van der Waals surface area contributed by atoms with Crippen molar-refractivity contribution in [3.63, 3.8) is 0 Å². The van der Waals surface area contributed by atoms with E-state index in [2.05, 4.69) is 22.8 Å². The summed E-state index contributed by atoms with van der Waals surface area (Å²) < 4.78 is 14.3. The van der Waals surface area contributed by atoms with Crippen LogP contribution < -0.4 is 15.1 Å². The Bertz CT molecular complexity index is 512. The molecule has 0 bridgehead atoms. The Labute approximate surface area is 118 Å². The summed E-state index contributed by atoms with van der Waals surface area (Å²) in [6.07, 6.45) is 3.95. The number of piperazine rings is 1. The van der Waals surface area contributed by atoms with Crippen molar-refractivity contribution in [3.8, 4) is 0 Å². The third-order valence-electron chi connectivity index (χ3n) is 3.74. The lowest BCUT2D eigenvalue weighted by Crippen LogP contribution is -2.44. The molecule has 3 nitrogen and oxygen atoms in total. The number of hydrogen-bond acceptors (Lipinski definition) is 4. The van der Waals surface area contributed by atoms with Crippen molar-refractivity contribution < 1.29 is 4.39 Å². The molecule has 1 saturated heterocycles. The fraction of sp³-hybridized carbons (Fsp3) is 0.429. The molecule has 102 valence electrons. The van der Waals surface area contributed by atoms with E-state index in [0.717, 1.165) is 37.4 Å². The van der Waals surface area contributed by atoms with Crippen molar-refractivity contribution in [2.45, 2.75) is 5.25 Å². The molecule has 3 rings (SSSR count). The highest BCUT2D eigenvalue weighted by Crippen LogP contribution is 2.38. The monoisotopic (exact) mass is 279 g/mol. The zero-order chi connectivity index (χ0) is 13.4. The molecule has 1 fully saturated rings. The third-order valence-corrected chi connectivity index (χ3v) is 4.19. The molecule has 0 radical (unpaired) electrons. The summed E-state index contributed by atoms with van der Waals surface area (Å²) in [6, 6.07) is 3.58. The summed E-state index contributed by atoms with van der Waals surface area (Å²) in [7, 11) is 1.98. The van der Waals surface area contributed by atoms with Crippen molar-refractivity contribution in [1.82, 2.24) is 5.32 Å². The van der Waals surface area contributed by atoms with Crippen LogP contribution in [-0.2, 0) is 0 Å². The predicted molar refractivity (Wildman–Crippen MR) is 80.8 cm³/mol. The van der Waals surface area contributed by atoms with E-state index in [-0.39, 0.29) is 11.1 Å². The van der Waals surface area contributed by atoms with Crippen LogP contribution in [0.25, 0.3) is 0 Å². The number of nitrogens with one attached hydrogen (secondary N) is 1. The van der Waals surface area contributed by atoms with Crippen LogP contribution in [0.3, 0.4) is 0 Å². The van der Waals surface area contributed by atoms with Gasteiger partial charge in [0.2, 0.25) is 0 Å². The Morgan fingerprint density at radius 3 is 2.74 bits per heavy atom. The van der Waals surface area contributed by atoms with E-state index in [1.807, 2.05) is 30.3 Å². The molecule has 0 spiro atoms. The second-order valence-electron chi connectivity index (χ2n) is 5.00. The topological polar surface area (TPSA) is 18.5 Å². The molecular weight excluding hydrogens is 261 g/mol. The first kappa shape index (κ1) is 12.8. The van der Waals surface area contributed by atoms with Gasteiger partial charge in [-0.05, 0) is 17.7 Å². The summed E-state index contributed by atoms with van der Waals surface area (Å²) in [5.41, 5.74) is 2.67. The Balaban J connectivity index is 2.01. The Morgan fingerprint density at radius 1 is 1.26 bits per heavy atom. The predicted octanol–water partition coefficient (Wildman–Crippen LogP) is 2.17. The largest absolute Gasteiger partial charge is 0.367 e. The van der Waals surface area contributed by atoms with Crippen molar-refractivity contribution in [1.29, 1.82) is 0 Å². The van der Waals surface area contributed by atoms with Crippen LogP contribution in [0.15, 0.2) is 24.4 Å². The van der Waals surface area contributed by atoms with Gasteiger partial charge in [0.1, 0.15) is 5.82 Å². The smallest absolute Gasteiger partial charge is 0.146 e. The number of anilines is 2. The Kier molecular flexibility index (Phi) is 3.41. The summed E-state index contributed by atoms with van der Waals surface area (Å²) in [4.78, 5) is 4.12. The summed E-state index contributed by atoms with van der Waals surface area (Å²) in [5.74, 6) is -0.150. The molecule has 0 saturated carbocycles. The van der Waals surface area contributed by atoms with Gasteiger partial charge < -0.3 is 15.1 Å².